The molecule has 2 unspecified atom stereocenters. The lowest BCUT2D eigenvalue weighted by Crippen LogP contribution is -2.31. The number of hydrogen-bond acceptors (Lipinski definition) is 3. The first-order valence-corrected chi connectivity index (χ1v) is 6.33. The summed E-state index contributed by atoms with van der Waals surface area (Å²) in [5.41, 5.74) is 0.689. The van der Waals surface area contributed by atoms with Gasteiger partial charge < -0.3 is 10.1 Å². The summed E-state index contributed by atoms with van der Waals surface area (Å²) in [7, 11) is 1.36. The van der Waals surface area contributed by atoms with Gasteiger partial charge in [-0.3, -0.25) is 4.79 Å². The quantitative estimate of drug-likeness (QED) is 0.670. The Bertz CT molecular complexity index is 411. The van der Waals surface area contributed by atoms with Gasteiger partial charge in [0.05, 0.1) is 22.3 Å². The number of benzene rings is 1. The number of rotatable bonds is 4. The molecule has 2 atom stereocenters. The third-order valence-corrected chi connectivity index (χ3v) is 3.75. The fourth-order valence-electron chi connectivity index (χ4n) is 1.38. The summed E-state index contributed by atoms with van der Waals surface area (Å²) in [6.45, 7) is 3.64. The summed E-state index contributed by atoms with van der Waals surface area (Å²) < 4.78 is 18.5. The molecule has 0 aliphatic rings. The molecule has 0 heterocycles. The molecule has 17 heavy (non-hydrogen) atoms. The molecule has 5 heteroatoms. The van der Waals surface area contributed by atoms with Crippen molar-refractivity contribution in [2.75, 3.05) is 12.4 Å². The van der Waals surface area contributed by atoms with E-state index in [9.17, 15) is 9.18 Å². The predicted molar refractivity (Wildman–Crippen MR) is 73.4 cm³/mol. The van der Waals surface area contributed by atoms with Crippen LogP contribution in [0.1, 0.15) is 13.8 Å². The molecular weight excluding hydrogens is 336 g/mol. The van der Waals surface area contributed by atoms with Gasteiger partial charge in [0.15, 0.2) is 0 Å². The molecule has 0 bridgehead atoms. The molecular formula is C12H15FINO2. The maximum Gasteiger partial charge on any atom is 0.310 e. The average Bonchev–Trinajstić information content (AvgIpc) is 2.32. The summed E-state index contributed by atoms with van der Waals surface area (Å²) in [5, 5.41) is 3.12. The maximum atomic E-state index is 13.3. The van der Waals surface area contributed by atoms with Crippen molar-refractivity contribution in [2.24, 2.45) is 5.92 Å². The lowest BCUT2D eigenvalue weighted by atomic mass is 10.0. The van der Waals surface area contributed by atoms with Crippen LogP contribution in [0.3, 0.4) is 0 Å². The summed E-state index contributed by atoms with van der Waals surface area (Å²) in [6.07, 6.45) is 0. The minimum atomic E-state index is -0.293. The Labute approximate surface area is 114 Å². The highest BCUT2D eigenvalue weighted by atomic mass is 127. The van der Waals surface area contributed by atoms with E-state index in [0.29, 0.717) is 9.26 Å². The van der Waals surface area contributed by atoms with Crippen LogP contribution in [0.25, 0.3) is 0 Å². The summed E-state index contributed by atoms with van der Waals surface area (Å²) in [4.78, 5) is 11.4. The molecule has 0 saturated heterocycles. The molecule has 1 N–H and O–H groups in total. The number of hydrogen-bond donors (Lipinski definition) is 1. The topological polar surface area (TPSA) is 38.3 Å². The lowest BCUT2D eigenvalue weighted by Gasteiger charge is -2.21. The zero-order chi connectivity index (χ0) is 13.0. The number of carbonyl (C=O) groups is 1. The van der Waals surface area contributed by atoms with Crippen molar-refractivity contribution in [3.05, 3.63) is 27.6 Å². The first kappa shape index (κ1) is 14.2. The van der Waals surface area contributed by atoms with Crippen molar-refractivity contribution in [3.63, 3.8) is 0 Å². The fourth-order valence-corrected chi connectivity index (χ4v) is 1.89. The smallest absolute Gasteiger partial charge is 0.310 e. The Morgan fingerprint density at radius 1 is 1.47 bits per heavy atom. The van der Waals surface area contributed by atoms with Gasteiger partial charge in [-0.2, -0.15) is 0 Å². The molecule has 0 aliphatic carbocycles. The number of methoxy groups -OCH3 is 1. The fraction of sp³-hybridized carbons (Fsp3) is 0.417. The maximum absolute atomic E-state index is 13.3. The molecule has 3 nitrogen and oxygen atoms in total. The van der Waals surface area contributed by atoms with Crippen molar-refractivity contribution in [1.29, 1.82) is 0 Å². The molecule has 1 aromatic carbocycles. The van der Waals surface area contributed by atoms with Gasteiger partial charge in [0, 0.05) is 6.04 Å². The molecule has 0 spiro atoms. The molecule has 0 aromatic heterocycles. The molecule has 1 rings (SSSR count). The SMILES string of the molecule is COC(=O)C(C)C(C)Nc1cccc(F)c1I. The van der Waals surface area contributed by atoms with Crippen LogP contribution in [-0.4, -0.2) is 19.1 Å². The van der Waals surface area contributed by atoms with Gasteiger partial charge in [-0.1, -0.05) is 6.07 Å². The second-order valence-corrected chi connectivity index (χ2v) is 4.92. The van der Waals surface area contributed by atoms with E-state index in [-0.39, 0.29) is 23.7 Å². The van der Waals surface area contributed by atoms with E-state index in [1.54, 1.807) is 19.1 Å². The Morgan fingerprint density at radius 3 is 2.71 bits per heavy atom. The standard InChI is InChI=1S/C12H15FINO2/c1-7(12(16)17-3)8(2)15-10-6-4-5-9(13)11(10)14/h4-8,15H,1-3H3. The van der Waals surface area contributed by atoms with Crippen LogP contribution in [0.15, 0.2) is 18.2 Å². The van der Waals surface area contributed by atoms with Gasteiger partial charge in [0.1, 0.15) is 5.82 Å². The largest absolute Gasteiger partial charge is 0.469 e. The van der Waals surface area contributed by atoms with E-state index < -0.39 is 0 Å². The number of carbonyl (C=O) groups excluding carboxylic acids is 1. The van der Waals surface area contributed by atoms with Gasteiger partial charge in [-0.25, -0.2) is 4.39 Å². The zero-order valence-electron chi connectivity index (χ0n) is 9.96. The zero-order valence-corrected chi connectivity index (χ0v) is 12.1. The summed E-state index contributed by atoms with van der Waals surface area (Å²) in [6, 6.07) is 4.69. The summed E-state index contributed by atoms with van der Waals surface area (Å²) >= 11 is 1.93. The monoisotopic (exact) mass is 351 g/mol. The average molecular weight is 351 g/mol. The third kappa shape index (κ3) is 3.55. The normalized spacial score (nSPS) is 13.9. The minimum absolute atomic E-state index is 0.127. The van der Waals surface area contributed by atoms with Gasteiger partial charge in [-0.05, 0) is 48.6 Å². The van der Waals surface area contributed by atoms with Crippen molar-refractivity contribution >= 4 is 34.2 Å². The van der Waals surface area contributed by atoms with E-state index in [0.717, 1.165) is 0 Å². The first-order chi connectivity index (χ1) is 7.97. The number of ether oxygens (including phenoxy) is 1. The van der Waals surface area contributed by atoms with Crippen LogP contribution in [0.4, 0.5) is 10.1 Å². The highest BCUT2D eigenvalue weighted by molar-refractivity contribution is 14.1. The Hall–Kier alpha value is -0.850. The molecule has 0 radical (unpaired) electrons. The van der Waals surface area contributed by atoms with Crippen LogP contribution >= 0.6 is 22.6 Å². The molecule has 0 fully saturated rings. The second kappa shape index (κ2) is 6.18. The highest BCUT2D eigenvalue weighted by Crippen LogP contribution is 2.23. The number of halogens is 2. The van der Waals surface area contributed by atoms with E-state index >= 15 is 0 Å². The molecule has 0 saturated carbocycles. The van der Waals surface area contributed by atoms with Crippen molar-refractivity contribution in [3.8, 4) is 0 Å². The Kier molecular flexibility index (Phi) is 5.17. The summed E-state index contributed by atoms with van der Waals surface area (Å²) in [5.74, 6) is -0.844. The van der Waals surface area contributed by atoms with Crippen molar-refractivity contribution in [2.45, 2.75) is 19.9 Å². The van der Waals surface area contributed by atoms with Crippen molar-refractivity contribution in [1.82, 2.24) is 0 Å². The van der Waals surface area contributed by atoms with Gasteiger partial charge in [0.25, 0.3) is 0 Å². The Balaban J connectivity index is 2.77. The predicted octanol–water partition coefficient (Wildman–Crippen LogP) is 3.04. The number of esters is 1. The van der Waals surface area contributed by atoms with Crippen LogP contribution in [0.5, 0.6) is 0 Å². The van der Waals surface area contributed by atoms with Crippen LogP contribution in [-0.2, 0) is 9.53 Å². The lowest BCUT2D eigenvalue weighted by molar-refractivity contribution is -0.145. The van der Waals surface area contributed by atoms with Gasteiger partial charge in [0.2, 0.25) is 0 Å². The molecule has 1 aromatic rings. The minimum Gasteiger partial charge on any atom is -0.469 e. The third-order valence-electron chi connectivity index (χ3n) is 2.66. The number of anilines is 1. The second-order valence-electron chi connectivity index (χ2n) is 3.85. The molecule has 0 aliphatic heterocycles. The first-order valence-electron chi connectivity index (χ1n) is 5.25. The highest BCUT2D eigenvalue weighted by Gasteiger charge is 2.21. The molecule has 94 valence electrons. The van der Waals surface area contributed by atoms with Gasteiger partial charge in [-0.15, -0.1) is 0 Å². The molecule has 0 amide bonds. The Morgan fingerprint density at radius 2 is 2.12 bits per heavy atom. The van der Waals surface area contributed by atoms with E-state index in [1.165, 1.54) is 13.2 Å². The van der Waals surface area contributed by atoms with Crippen molar-refractivity contribution < 1.29 is 13.9 Å². The van der Waals surface area contributed by atoms with Gasteiger partial charge >= 0.3 is 5.97 Å². The van der Waals surface area contributed by atoms with E-state index in [4.69, 9.17) is 0 Å². The van der Waals surface area contributed by atoms with Crippen LogP contribution in [0.2, 0.25) is 0 Å². The number of nitrogens with one attached hydrogen (secondary N) is 1. The van der Waals surface area contributed by atoms with E-state index in [2.05, 4.69) is 10.1 Å². The van der Waals surface area contributed by atoms with E-state index in [1.807, 2.05) is 29.5 Å². The van der Waals surface area contributed by atoms with Crippen LogP contribution < -0.4 is 5.32 Å². The van der Waals surface area contributed by atoms with Crippen LogP contribution in [0, 0.1) is 15.3 Å².